The van der Waals surface area contributed by atoms with Crippen LogP contribution >= 0.6 is 11.3 Å². The fourth-order valence-electron chi connectivity index (χ4n) is 3.50. The van der Waals surface area contributed by atoms with Crippen molar-refractivity contribution in [3.05, 3.63) is 83.4 Å². The molecule has 1 aliphatic rings. The number of aromatic nitrogens is 1. The molecule has 5 rings (SSSR count). The molecule has 0 radical (unpaired) electrons. The zero-order valence-electron chi connectivity index (χ0n) is 16.5. The summed E-state index contributed by atoms with van der Waals surface area (Å²) in [6.45, 7) is 1.04. The van der Waals surface area contributed by atoms with E-state index in [0.29, 0.717) is 24.7 Å². The Morgan fingerprint density at radius 2 is 1.74 bits per heavy atom. The van der Waals surface area contributed by atoms with Gasteiger partial charge in [-0.1, -0.05) is 36.4 Å². The molecule has 0 fully saturated rings. The average molecular weight is 453 g/mol. The third-order valence-corrected chi connectivity index (χ3v) is 7.58. The van der Waals surface area contributed by atoms with E-state index >= 15 is 0 Å². The molecule has 1 N–H and O–H groups in total. The molecule has 1 unspecified atom stereocenters. The predicted molar refractivity (Wildman–Crippen MR) is 120 cm³/mol. The van der Waals surface area contributed by atoms with Gasteiger partial charge in [-0.3, -0.25) is 0 Å². The lowest BCUT2D eigenvalue weighted by Gasteiger charge is -2.19. The molecule has 1 atom stereocenters. The van der Waals surface area contributed by atoms with Crippen LogP contribution in [0.25, 0.3) is 10.2 Å². The van der Waals surface area contributed by atoms with Gasteiger partial charge >= 0.3 is 0 Å². The molecular formula is C23H20N2O4S2. The molecule has 6 nitrogen and oxygen atoms in total. The minimum atomic E-state index is -3.84. The van der Waals surface area contributed by atoms with E-state index in [4.69, 9.17) is 9.47 Å². The van der Waals surface area contributed by atoms with Crippen LogP contribution < -0.4 is 14.2 Å². The monoisotopic (exact) mass is 452 g/mol. The van der Waals surface area contributed by atoms with Gasteiger partial charge in [-0.05, 0) is 29.8 Å². The highest BCUT2D eigenvalue weighted by atomic mass is 32.2. The highest BCUT2D eigenvalue weighted by Crippen LogP contribution is 2.35. The Morgan fingerprint density at radius 1 is 0.935 bits per heavy atom. The summed E-state index contributed by atoms with van der Waals surface area (Å²) in [7, 11) is -3.84. The summed E-state index contributed by atoms with van der Waals surface area (Å²) in [4.78, 5) is 6.28. The summed E-state index contributed by atoms with van der Waals surface area (Å²) >= 11 is 1.48. The number of fused-ring (bicyclic) bond motifs is 2. The number of thiophene rings is 1. The van der Waals surface area contributed by atoms with E-state index in [1.54, 1.807) is 18.3 Å². The van der Waals surface area contributed by atoms with Crippen molar-refractivity contribution in [2.45, 2.75) is 17.4 Å². The van der Waals surface area contributed by atoms with Crippen molar-refractivity contribution in [2.24, 2.45) is 0 Å². The van der Waals surface area contributed by atoms with Crippen molar-refractivity contribution >= 4 is 31.6 Å². The van der Waals surface area contributed by atoms with Gasteiger partial charge in [0.15, 0.2) is 11.5 Å². The SMILES string of the molecule is O=S(=O)(NC(c1ccccc1)c1cc2cccnc2s1)c1ccc2c(c1)OCCCO2. The van der Waals surface area contributed by atoms with E-state index < -0.39 is 16.1 Å². The van der Waals surface area contributed by atoms with Crippen molar-refractivity contribution < 1.29 is 17.9 Å². The number of nitrogens with one attached hydrogen (secondary N) is 1. The molecule has 0 amide bonds. The smallest absolute Gasteiger partial charge is 0.241 e. The van der Waals surface area contributed by atoms with Crippen molar-refractivity contribution in [3.8, 4) is 11.5 Å². The number of nitrogens with zero attached hydrogens (tertiary/aromatic N) is 1. The molecule has 0 saturated heterocycles. The fraction of sp³-hybridized carbons (Fsp3) is 0.174. The van der Waals surface area contributed by atoms with Gasteiger partial charge in [0.25, 0.3) is 0 Å². The van der Waals surface area contributed by atoms with Gasteiger partial charge in [-0.2, -0.15) is 4.72 Å². The standard InChI is InChI=1S/C23H20N2O4S2/c26-31(27,18-9-10-19-20(15-18)29-13-5-12-28-19)25-22(16-6-2-1-3-7-16)21-14-17-8-4-11-24-23(17)30-21/h1-4,6-11,14-15,22,25H,5,12-13H2. The lowest BCUT2D eigenvalue weighted by Crippen LogP contribution is -2.29. The summed E-state index contributed by atoms with van der Waals surface area (Å²) in [5, 5.41) is 0.984. The van der Waals surface area contributed by atoms with Crippen molar-refractivity contribution in [3.63, 3.8) is 0 Å². The normalized spacial score (nSPS) is 14.8. The maximum Gasteiger partial charge on any atom is 0.241 e. The molecule has 1 aliphatic heterocycles. The second kappa shape index (κ2) is 8.30. The second-order valence-corrected chi connectivity index (χ2v) is 9.95. The predicted octanol–water partition coefficient (Wildman–Crippen LogP) is 4.53. The van der Waals surface area contributed by atoms with Crippen LogP contribution in [-0.2, 0) is 10.0 Å². The number of ether oxygens (including phenoxy) is 2. The van der Waals surface area contributed by atoms with E-state index in [-0.39, 0.29) is 4.90 Å². The summed E-state index contributed by atoms with van der Waals surface area (Å²) in [5.41, 5.74) is 0.854. The second-order valence-electron chi connectivity index (χ2n) is 7.17. The van der Waals surface area contributed by atoms with Crippen LogP contribution in [0.15, 0.2) is 77.8 Å². The largest absolute Gasteiger partial charge is 0.490 e. The molecule has 3 heterocycles. The summed E-state index contributed by atoms with van der Waals surface area (Å²) < 4.78 is 40.9. The zero-order chi connectivity index (χ0) is 21.3. The van der Waals surface area contributed by atoms with Gasteiger partial charge in [-0.25, -0.2) is 13.4 Å². The molecule has 31 heavy (non-hydrogen) atoms. The van der Waals surface area contributed by atoms with Gasteiger partial charge in [0.2, 0.25) is 10.0 Å². The quantitative estimate of drug-likeness (QED) is 0.482. The van der Waals surface area contributed by atoms with E-state index in [1.807, 2.05) is 48.5 Å². The van der Waals surface area contributed by atoms with Crippen molar-refractivity contribution in [2.75, 3.05) is 13.2 Å². The zero-order valence-corrected chi connectivity index (χ0v) is 18.2. The summed E-state index contributed by atoms with van der Waals surface area (Å²) in [6.07, 6.45) is 2.49. The molecule has 158 valence electrons. The van der Waals surface area contributed by atoms with Gasteiger partial charge in [0.1, 0.15) is 4.83 Å². The number of hydrogen-bond donors (Lipinski definition) is 1. The topological polar surface area (TPSA) is 77.5 Å². The Balaban J connectivity index is 1.54. The third kappa shape index (κ3) is 4.14. The summed E-state index contributed by atoms with van der Waals surface area (Å²) in [6, 6.07) is 19.6. The van der Waals surface area contributed by atoms with Crippen LogP contribution in [-0.4, -0.2) is 26.6 Å². The first kappa shape index (κ1) is 20.0. The van der Waals surface area contributed by atoms with Crippen molar-refractivity contribution in [1.29, 1.82) is 0 Å². The first-order chi connectivity index (χ1) is 15.1. The lowest BCUT2D eigenvalue weighted by atomic mass is 10.1. The maximum atomic E-state index is 13.4. The molecule has 8 heteroatoms. The van der Waals surface area contributed by atoms with Gasteiger partial charge in [0, 0.05) is 28.9 Å². The molecule has 0 spiro atoms. The Kier molecular flexibility index (Phi) is 5.35. The minimum absolute atomic E-state index is 0.136. The number of hydrogen-bond acceptors (Lipinski definition) is 6. The first-order valence-electron chi connectivity index (χ1n) is 9.91. The van der Waals surface area contributed by atoms with Crippen molar-refractivity contribution in [1.82, 2.24) is 9.71 Å². The van der Waals surface area contributed by atoms with Crippen LogP contribution in [0.1, 0.15) is 22.9 Å². The highest BCUT2D eigenvalue weighted by Gasteiger charge is 2.26. The molecule has 0 aliphatic carbocycles. The summed E-state index contributed by atoms with van der Waals surface area (Å²) in [5.74, 6) is 1.01. The molecule has 0 bridgehead atoms. The third-order valence-electron chi connectivity index (χ3n) is 5.03. The average Bonchev–Trinajstić information content (AvgIpc) is 3.08. The molecule has 0 saturated carbocycles. The number of benzene rings is 2. The van der Waals surface area contributed by atoms with Crippen LogP contribution in [0, 0.1) is 0 Å². The number of rotatable bonds is 5. The Hall–Kier alpha value is -2.94. The van der Waals surface area contributed by atoms with E-state index in [2.05, 4.69) is 9.71 Å². The lowest BCUT2D eigenvalue weighted by molar-refractivity contribution is 0.297. The molecule has 4 aromatic rings. The number of sulfonamides is 1. The number of pyridine rings is 1. The van der Waals surface area contributed by atoms with E-state index in [9.17, 15) is 8.42 Å². The van der Waals surface area contributed by atoms with E-state index in [0.717, 1.165) is 27.1 Å². The van der Waals surface area contributed by atoms with Crippen LogP contribution in [0.2, 0.25) is 0 Å². The molecule has 2 aromatic carbocycles. The Bertz CT molecular complexity index is 1290. The van der Waals surface area contributed by atoms with Crippen LogP contribution in [0.3, 0.4) is 0 Å². The van der Waals surface area contributed by atoms with Crippen LogP contribution in [0.4, 0.5) is 0 Å². The van der Waals surface area contributed by atoms with Crippen LogP contribution in [0.5, 0.6) is 11.5 Å². The van der Waals surface area contributed by atoms with Gasteiger partial charge in [-0.15, -0.1) is 11.3 Å². The highest BCUT2D eigenvalue weighted by molar-refractivity contribution is 7.89. The fourth-order valence-corrected chi connectivity index (χ4v) is 5.88. The first-order valence-corrected chi connectivity index (χ1v) is 12.2. The molecule has 2 aromatic heterocycles. The molecular weight excluding hydrogens is 432 g/mol. The minimum Gasteiger partial charge on any atom is -0.490 e. The Labute approximate surface area is 184 Å². The Morgan fingerprint density at radius 3 is 2.55 bits per heavy atom. The van der Waals surface area contributed by atoms with Gasteiger partial charge in [0.05, 0.1) is 24.2 Å². The maximum absolute atomic E-state index is 13.4. The van der Waals surface area contributed by atoms with Gasteiger partial charge < -0.3 is 9.47 Å². The van der Waals surface area contributed by atoms with E-state index in [1.165, 1.54) is 17.4 Å².